The van der Waals surface area contributed by atoms with Crippen molar-refractivity contribution in [2.24, 2.45) is 5.10 Å². The molecular formula is C13H10Cl2N8O2. The fourth-order valence-corrected chi connectivity index (χ4v) is 2.44. The van der Waals surface area contributed by atoms with Crippen molar-refractivity contribution in [2.75, 3.05) is 5.73 Å². The Morgan fingerprint density at radius 1 is 1.36 bits per heavy atom. The molecule has 2 heterocycles. The number of carbonyl (C=O) groups excluding carboxylic acids is 1. The lowest BCUT2D eigenvalue weighted by atomic mass is 10.2. The summed E-state index contributed by atoms with van der Waals surface area (Å²) in [5, 5.41) is 19.3. The molecule has 0 bridgehead atoms. The Balaban J connectivity index is 1.84. The molecule has 0 saturated carbocycles. The van der Waals surface area contributed by atoms with Crippen LogP contribution in [0.5, 0.6) is 0 Å². The van der Waals surface area contributed by atoms with Crippen molar-refractivity contribution in [2.45, 2.75) is 6.92 Å². The third kappa shape index (κ3) is 3.30. The average Bonchev–Trinajstić information content (AvgIpc) is 3.15. The number of nitrogens with one attached hydrogen (secondary N) is 1. The van der Waals surface area contributed by atoms with Crippen molar-refractivity contribution < 1.29 is 9.42 Å². The number of benzene rings is 1. The highest BCUT2D eigenvalue weighted by atomic mass is 35.5. The minimum Gasteiger partial charge on any atom is -0.378 e. The lowest BCUT2D eigenvalue weighted by molar-refractivity contribution is 0.0946. The SMILES string of the molecule is Cc1nnn(-c2nonc2N)c1C(=O)N/N=C/c1c(Cl)cccc1Cl. The number of rotatable bonds is 4. The third-order valence-corrected chi connectivity index (χ3v) is 3.77. The summed E-state index contributed by atoms with van der Waals surface area (Å²) in [6.45, 7) is 1.59. The van der Waals surface area contributed by atoms with Gasteiger partial charge >= 0.3 is 0 Å². The molecule has 0 spiro atoms. The molecule has 0 aliphatic carbocycles. The molecule has 0 aliphatic heterocycles. The standard InChI is InChI=1S/C13H10Cl2N8O2/c1-6-10(23(22-18-6)12-11(16)20-25-21-12)13(24)19-17-5-7-8(14)3-2-4-9(7)15/h2-5H,1H3,(H2,16,20)(H,19,24)/b17-5+. The van der Waals surface area contributed by atoms with Crippen molar-refractivity contribution >= 4 is 41.1 Å². The lowest BCUT2D eigenvalue weighted by Gasteiger charge is -2.03. The van der Waals surface area contributed by atoms with E-state index < -0.39 is 5.91 Å². The zero-order chi connectivity index (χ0) is 18.0. The number of aryl methyl sites for hydroxylation is 1. The van der Waals surface area contributed by atoms with E-state index in [1.54, 1.807) is 25.1 Å². The third-order valence-electron chi connectivity index (χ3n) is 3.11. The first-order valence-electron chi connectivity index (χ1n) is 6.77. The first-order chi connectivity index (χ1) is 12.0. The first kappa shape index (κ1) is 16.9. The predicted octanol–water partition coefficient (Wildman–Crippen LogP) is 1.61. The average molecular weight is 381 g/mol. The maximum atomic E-state index is 12.4. The summed E-state index contributed by atoms with van der Waals surface area (Å²) in [6.07, 6.45) is 1.33. The summed E-state index contributed by atoms with van der Waals surface area (Å²) in [5.74, 6) is -0.585. The minimum absolute atomic E-state index is 0.0368. The number of nitrogens with zero attached hydrogens (tertiary/aromatic N) is 6. The highest BCUT2D eigenvalue weighted by Crippen LogP contribution is 2.22. The van der Waals surface area contributed by atoms with Crippen LogP contribution in [0.25, 0.3) is 5.82 Å². The number of anilines is 1. The van der Waals surface area contributed by atoms with Gasteiger partial charge < -0.3 is 5.73 Å². The second-order valence-electron chi connectivity index (χ2n) is 4.74. The Labute approximate surface area is 150 Å². The van der Waals surface area contributed by atoms with Gasteiger partial charge in [0.1, 0.15) is 0 Å². The monoisotopic (exact) mass is 380 g/mol. The predicted molar refractivity (Wildman–Crippen MR) is 89.9 cm³/mol. The Morgan fingerprint density at radius 3 is 2.72 bits per heavy atom. The van der Waals surface area contributed by atoms with E-state index in [1.807, 2.05) is 0 Å². The molecule has 0 saturated heterocycles. The summed E-state index contributed by atoms with van der Waals surface area (Å²) >= 11 is 12.1. The van der Waals surface area contributed by atoms with Gasteiger partial charge in [0.05, 0.1) is 22.0 Å². The maximum absolute atomic E-state index is 12.4. The van der Waals surface area contributed by atoms with Crippen LogP contribution >= 0.6 is 23.2 Å². The Morgan fingerprint density at radius 2 is 2.08 bits per heavy atom. The number of hydrogen-bond acceptors (Lipinski definition) is 8. The van der Waals surface area contributed by atoms with Crippen molar-refractivity contribution in [1.29, 1.82) is 0 Å². The minimum atomic E-state index is -0.593. The molecule has 0 unspecified atom stereocenters. The molecule has 0 atom stereocenters. The zero-order valence-electron chi connectivity index (χ0n) is 12.6. The van der Waals surface area contributed by atoms with Gasteiger partial charge in [0.25, 0.3) is 5.91 Å². The number of hydrogen-bond donors (Lipinski definition) is 2. The second-order valence-corrected chi connectivity index (χ2v) is 5.56. The van der Waals surface area contributed by atoms with E-state index in [0.717, 1.165) is 4.68 Å². The molecule has 128 valence electrons. The van der Waals surface area contributed by atoms with Gasteiger partial charge in [-0.15, -0.1) is 5.10 Å². The quantitative estimate of drug-likeness (QED) is 0.517. The Bertz CT molecular complexity index is 945. The number of amides is 1. The molecule has 0 aliphatic rings. The van der Waals surface area contributed by atoms with Crippen molar-refractivity contribution in [3.05, 3.63) is 45.2 Å². The molecule has 1 amide bonds. The first-order valence-corrected chi connectivity index (χ1v) is 7.52. The van der Waals surface area contributed by atoms with E-state index in [1.165, 1.54) is 6.21 Å². The number of nitrogens with two attached hydrogens (primary N) is 1. The number of nitrogen functional groups attached to an aromatic ring is 1. The van der Waals surface area contributed by atoms with E-state index in [9.17, 15) is 4.79 Å². The molecule has 25 heavy (non-hydrogen) atoms. The van der Waals surface area contributed by atoms with Crippen LogP contribution in [0.1, 0.15) is 21.7 Å². The second kappa shape index (κ2) is 6.87. The van der Waals surface area contributed by atoms with Crippen LogP contribution in [0, 0.1) is 6.92 Å². The molecule has 3 aromatic rings. The van der Waals surface area contributed by atoms with Crippen LogP contribution in [0.4, 0.5) is 5.82 Å². The lowest BCUT2D eigenvalue weighted by Crippen LogP contribution is -2.22. The van der Waals surface area contributed by atoms with Gasteiger partial charge in [0, 0.05) is 5.56 Å². The molecule has 2 aromatic heterocycles. The highest BCUT2D eigenvalue weighted by molar-refractivity contribution is 6.38. The number of carbonyl (C=O) groups is 1. The normalized spacial score (nSPS) is 11.2. The van der Waals surface area contributed by atoms with E-state index in [0.29, 0.717) is 21.3 Å². The largest absolute Gasteiger partial charge is 0.378 e. The van der Waals surface area contributed by atoms with Crippen LogP contribution in [0.2, 0.25) is 10.0 Å². The van der Waals surface area contributed by atoms with Crippen LogP contribution in [0.15, 0.2) is 27.9 Å². The topological polar surface area (TPSA) is 137 Å². The van der Waals surface area contributed by atoms with E-state index in [4.69, 9.17) is 28.9 Å². The number of aromatic nitrogens is 5. The number of hydrazone groups is 1. The Hall–Kier alpha value is -2.98. The molecule has 0 fully saturated rings. The smallest absolute Gasteiger partial charge is 0.292 e. The van der Waals surface area contributed by atoms with Gasteiger partial charge in [-0.3, -0.25) is 4.79 Å². The summed E-state index contributed by atoms with van der Waals surface area (Å²) < 4.78 is 5.61. The summed E-state index contributed by atoms with van der Waals surface area (Å²) in [7, 11) is 0. The fraction of sp³-hybridized carbons (Fsp3) is 0.0769. The molecule has 3 N–H and O–H groups in total. The van der Waals surface area contributed by atoms with Crippen LogP contribution in [-0.2, 0) is 0 Å². The maximum Gasteiger partial charge on any atom is 0.292 e. The van der Waals surface area contributed by atoms with Gasteiger partial charge in [-0.2, -0.15) is 9.78 Å². The summed E-state index contributed by atoms with van der Waals surface area (Å²) in [4.78, 5) is 12.4. The van der Waals surface area contributed by atoms with Gasteiger partial charge in [-0.25, -0.2) is 10.1 Å². The van der Waals surface area contributed by atoms with Crippen LogP contribution in [-0.4, -0.2) is 37.4 Å². The number of halogens is 2. The molecule has 1 aromatic carbocycles. The summed E-state index contributed by atoms with van der Waals surface area (Å²) in [6, 6.07) is 5.00. The van der Waals surface area contributed by atoms with E-state index in [-0.39, 0.29) is 17.3 Å². The van der Waals surface area contributed by atoms with Gasteiger partial charge in [-0.1, -0.05) is 34.5 Å². The van der Waals surface area contributed by atoms with E-state index in [2.05, 4.69) is 35.8 Å². The van der Waals surface area contributed by atoms with Gasteiger partial charge in [0.2, 0.25) is 11.6 Å². The Kier molecular flexibility index (Phi) is 4.63. The molecule has 0 radical (unpaired) electrons. The molecule has 10 nitrogen and oxygen atoms in total. The molecular weight excluding hydrogens is 371 g/mol. The van der Waals surface area contributed by atoms with Crippen molar-refractivity contribution in [3.63, 3.8) is 0 Å². The summed E-state index contributed by atoms with van der Waals surface area (Å²) in [5.41, 5.74) is 8.84. The highest BCUT2D eigenvalue weighted by Gasteiger charge is 2.22. The van der Waals surface area contributed by atoms with Crippen molar-refractivity contribution in [3.8, 4) is 5.82 Å². The van der Waals surface area contributed by atoms with Gasteiger partial charge in [-0.05, 0) is 29.4 Å². The van der Waals surface area contributed by atoms with Gasteiger partial charge in [0.15, 0.2) is 5.69 Å². The van der Waals surface area contributed by atoms with Crippen LogP contribution in [0.3, 0.4) is 0 Å². The van der Waals surface area contributed by atoms with Crippen LogP contribution < -0.4 is 11.2 Å². The molecule has 12 heteroatoms. The molecule has 3 rings (SSSR count). The van der Waals surface area contributed by atoms with E-state index >= 15 is 0 Å². The zero-order valence-corrected chi connectivity index (χ0v) is 14.2. The fourth-order valence-electron chi connectivity index (χ4n) is 1.95. The van der Waals surface area contributed by atoms with Crippen molar-refractivity contribution in [1.82, 2.24) is 30.7 Å².